The largest absolute Gasteiger partial charge is 0.337 e. The number of halogens is 2. The van der Waals surface area contributed by atoms with Gasteiger partial charge in [-0.3, -0.25) is 14.5 Å². The zero-order chi connectivity index (χ0) is 19.7. The van der Waals surface area contributed by atoms with Gasteiger partial charge < -0.3 is 4.90 Å². The van der Waals surface area contributed by atoms with Crippen molar-refractivity contribution < 1.29 is 18.4 Å². The van der Waals surface area contributed by atoms with Crippen LogP contribution >= 0.6 is 0 Å². The Morgan fingerprint density at radius 3 is 2.82 bits per heavy atom. The molecule has 1 aromatic rings. The number of nitrogens with one attached hydrogen (secondary N) is 1. The van der Waals surface area contributed by atoms with E-state index in [2.05, 4.69) is 15.4 Å². The van der Waals surface area contributed by atoms with E-state index in [1.54, 1.807) is 6.07 Å². The van der Waals surface area contributed by atoms with Gasteiger partial charge in [-0.2, -0.15) is 5.10 Å². The average Bonchev–Trinajstić information content (AvgIpc) is 3.09. The minimum Gasteiger partial charge on any atom is -0.337 e. The zero-order valence-electron chi connectivity index (χ0n) is 15.7. The predicted molar refractivity (Wildman–Crippen MR) is 99.3 cm³/mol. The predicted octanol–water partition coefficient (Wildman–Crippen LogP) is 2.05. The third-order valence-corrected chi connectivity index (χ3v) is 6.04. The Labute approximate surface area is 162 Å². The van der Waals surface area contributed by atoms with Crippen molar-refractivity contribution >= 4 is 17.5 Å². The molecule has 0 radical (unpaired) electrons. The molecule has 0 aliphatic carbocycles. The fourth-order valence-corrected chi connectivity index (χ4v) is 4.61. The van der Waals surface area contributed by atoms with Crippen molar-refractivity contribution in [1.82, 2.24) is 15.2 Å². The fourth-order valence-electron chi connectivity index (χ4n) is 4.61. The lowest BCUT2D eigenvalue weighted by molar-refractivity contribution is -0.124. The summed E-state index contributed by atoms with van der Waals surface area (Å²) in [6.07, 6.45) is 3.54. The first kappa shape index (κ1) is 19.0. The Kier molecular flexibility index (Phi) is 5.14. The van der Waals surface area contributed by atoms with Crippen LogP contribution in [0.25, 0.3) is 0 Å². The summed E-state index contributed by atoms with van der Waals surface area (Å²) in [7, 11) is 0. The third-order valence-electron chi connectivity index (χ3n) is 6.04. The molecule has 2 saturated heterocycles. The van der Waals surface area contributed by atoms with Gasteiger partial charge in [0, 0.05) is 50.0 Å². The van der Waals surface area contributed by atoms with Crippen molar-refractivity contribution in [3.63, 3.8) is 0 Å². The van der Waals surface area contributed by atoms with Crippen LogP contribution in [0.1, 0.15) is 37.7 Å². The summed E-state index contributed by atoms with van der Waals surface area (Å²) in [6.45, 7) is 3.27. The molecule has 8 heteroatoms. The molecule has 1 spiro atoms. The number of amides is 2. The molecule has 1 unspecified atom stereocenters. The smallest absolute Gasteiger partial charge is 0.270 e. The molecule has 0 saturated carbocycles. The molecule has 28 heavy (non-hydrogen) atoms. The molecule has 1 N–H and O–H groups in total. The summed E-state index contributed by atoms with van der Waals surface area (Å²) in [5.41, 5.74) is 3.14. The molecule has 2 fully saturated rings. The highest BCUT2D eigenvalue weighted by atomic mass is 19.2. The lowest BCUT2D eigenvalue weighted by Crippen LogP contribution is -2.46. The van der Waals surface area contributed by atoms with Gasteiger partial charge in [0.1, 0.15) is 5.71 Å². The van der Waals surface area contributed by atoms with Crippen LogP contribution in [0.15, 0.2) is 23.3 Å². The Morgan fingerprint density at radius 2 is 2.04 bits per heavy atom. The first-order chi connectivity index (χ1) is 13.5. The van der Waals surface area contributed by atoms with E-state index in [1.165, 1.54) is 6.07 Å². The Morgan fingerprint density at radius 1 is 1.18 bits per heavy atom. The van der Waals surface area contributed by atoms with E-state index in [-0.39, 0.29) is 23.7 Å². The van der Waals surface area contributed by atoms with Crippen molar-refractivity contribution in [3.8, 4) is 0 Å². The van der Waals surface area contributed by atoms with Crippen LogP contribution in [0.5, 0.6) is 0 Å². The maximum atomic E-state index is 14.0. The Bertz CT molecular complexity index is 828. The number of likely N-dealkylation sites (tertiary alicyclic amines) is 2. The maximum Gasteiger partial charge on any atom is 0.270 e. The van der Waals surface area contributed by atoms with E-state index in [0.29, 0.717) is 37.3 Å². The number of hydrogen-bond acceptors (Lipinski definition) is 4. The standard InChI is InChI=1S/C20H24F2N4O2/c21-15-4-1-3-14(18(15)22)11-25-9-2-7-20(12-25)8-10-26(13-20)19(28)16-5-6-17(27)24-23-16/h1,3-4H,2,5-13H2,(H,24,27). The van der Waals surface area contributed by atoms with Crippen LogP contribution in [-0.2, 0) is 16.1 Å². The van der Waals surface area contributed by atoms with Crippen molar-refractivity contribution in [2.75, 3.05) is 26.2 Å². The molecule has 6 nitrogen and oxygen atoms in total. The number of benzene rings is 1. The van der Waals surface area contributed by atoms with Crippen molar-refractivity contribution in [2.45, 2.75) is 38.6 Å². The number of hydrazone groups is 1. The molecule has 2 amide bonds. The van der Waals surface area contributed by atoms with Gasteiger partial charge in [0.2, 0.25) is 5.91 Å². The van der Waals surface area contributed by atoms with E-state index in [1.807, 2.05) is 4.90 Å². The van der Waals surface area contributed by atoms with Gasteiger partial charge >= 0.3 is 0 Å². The lowest BCUT2D eigenvalue weighted by Gasteiger charge is -2.40. The molecule has 1 atom stereocenters. The summed E-state index contributed by atoms with van der Waals surface area (Å²) >= 11 is 0. The van der Waals surface area contributed by atoms with Crippen molar-refractivity contribution in [1.29, 1.82) is 0 Å². The lowest BCUT2D eigenvalue weighted by atomic mass is 9.79. The van der Waals surface area contributed by atoms with Crippen LogP contribution in [-0.4, -0.2) is 53.5 Å². The minimum atomic E-state index is -0.817. The topological polar surface area (TPSA) is 65.0 Å². The monoisotopic (exact) mass is 390 g/mol. The number of hydrogen-bond donors (Lipinski definition) is 1. The summed E-state index contributed by atoms with van der Waals surface area (Å²) in [5.74, 6) is -1.86. The normalized spacial score (nSPS) is 25.7. The highest BCUT2D eigenvalue weighted by Crippen LogP contribution is 2.39. The van der Waals surface area contributed by atoms with Crippen molar-refractivity contribution in [3.05, 3.63) is 35.4 Å². The molecule has 1 aromatic carbocycles. The molecule has 0 aromatic heterocycles. The first-order valence-electron chi connectivity index (χ1n) is 9.76. The van der Waals surface area contributed by atoms with E-state index in [0.717, 1.165) is 38.4 Å². The first-order valence-corrected chi connectivity index (χ1v) is 9.76. The van der Waals surface area contributed by atoms with Crippen LogP contribution < -0.4 is 5.43 Å². The van der Waals surface area contributed by atoms with E-state index >= 15 is 0 Å². The molecule has 4 rings (SSSR count). The number of rotatable bonds is 3. The van der Waals surface area contributed by atoms with Gasteiger partial charge in [-0.25, -0.2) is 14.2 Å². The van der Waals surface area contributed by atoms with Gasteiger partial charge in [-0.15, -0.1) is 0 Å². The van der Waals surface area contributed by atoms with Gasteiger partial charge in [0.25, 0.3) is 5.91 Å². The number of piperidine rings is 1. The SMILES string of the molecule is O=C1CCC(C(=O)N2CCC3(CCCN(Cc4cccc(F)c4F)C3)C2)=NN1. The van der Waals surface area contributed by atoms with Gasteiger partial charge in [-0.1, -0.05) is 12.1 Å². The van der Waals surface area contributed by atoms with Gasteiger partial charge in [0.05, 0.1) is 0 Å². The highest BCUT2D eigenvalue weighted by Gasteiger charge is 2.43. The molecular formula is C20H24F2N4O2. The molecule has 0 bridgehead atoms. The Balaban J connectivity index is 1.41. The average molecular weight is 390 g/mol. The maximum absolute atomic E-state index is 14.0. The number of carbonyl (C=O) groups is 2. The fraction of sp³-hybridized carbons (Fsp3) is 0.550. The summed E-state index contributed by atoms with van der Waals surface area (Å²) in [5, 5.41) is 3.92. The van der Waals surface area contributed by atoms with Crippen LogP contribution in [0, 0.1) is 17.0 Å². The van der Waals surface area contributed by atoms with Crippen LogP contribution in [0.4, 0.5) is 8.78 Å². The molecule has 3 heterocycles. The number of nitrogens with zero attached hydrogens (tertiary/aromatic N) is 3. The van der Waals surface area contributed by atoms with E-state index in [9.17, 15) is 18.4 Å². The molecule has 3 aliphatic heterocycles. The van der Waals surface area contributed by atoms with Gasteiger partial charge in [-0.05, 0) is 31.9 Å². The summed E-state index contributed by atoms with van der Waals surface area (Å²) in [6, 6.07) is 4.29. The van der Waals surface area contributed by atoms with Crippen molar-refractivity contribution in [2.24, 2.45) is 10.5 Å². The second-order valence-corrected chi connectivity index (χ2v) is 8.10. The van der Waals surface area contributed by atoms with Crippen LogP contribution in [0.2, 0.25) is 0 Å². The zero-order valence-corrected chi connectivity index (χ0v) is 15.7. The second-order valence-electron chi connectivity index (χ2n) is 8.10. The summed E-state index contributed by atoms with van der Waals surface area (Å²) in [4.78, 5) is 27.9. The second kappa shape index (κ2) is 7.58. The summed E-state index contributed by atoms with van der Waals surface area (Å²) < 4.78 is 27.5. The third kappa shape index (κ3) is 3.78. The highest BCUT2D eigenvalue weighted by molar-refractivity contribution is 6.39. The quantitative estimate of drug-likeness (QED) is 0.859. The van der Waals surface area contributed by atoms with E-state index in [4.69, 9.17) is 0 Å². The van der Waals surface area contributed by atoms with Crippen LogP contribution in [0.3, 0.4) is 0 Å². The van der Waals surface area contributed by atoms with Gasteiger partial charge in [0.15, 0.2) is 11.6 Å². The Hall–Kier alpha value is -2.35. The minimum absolute atomic E-state index is 0.0177. The molecular weight excluding hydrogens is 366 g/mol. The molecule has 150 valence electrons. The number of carbonyl (C=O) groups excluding carboxylic acids is 2. The van der Waals surface area contributed by atoms with E-state index < -0.39 is 11.6 Å². The molecule has 3 aliphatic rings.